The third-order valence-corrected chi connectivity index (χ3v) is 7.97. The van der Waals surface area contributed by atoms with E-state index in [1.807, 2.05) is 60.5 Å². The zero-order valence-electron chi connectivity index (χ0n) is 17.8. The SMILES string of the molecule is CN1C(=C2SC(=NCc3ccccc3)N(CCc3ccccc3)C2=O)Sc2ccccc21. The van der Waals surface area contributed by atoms with Crippen molar-refractivity contribution < 1.29 is 4.79 Å². The molecule has 0 atom stereocenters. The molecule has 0 aromatic heterocycles. The molecule has 2 aliphatic heterocycles. The van der Waals surface area contributed by atoms with Gasteiger partial charge in [0.05, 0.1) is 17.3 Å². The van der Waals surface area contributed by atoms with E-state index in [1.165, 1.54) is 22.2 Å². The number of anilines is 1. The molecule has 5 rings (SSSR count). The number of carbonyl (C=O) groups is 1. The van der Waals surface area contributed by atoms with Crippen molar-refractivity contribution in [2.75, 3.05) is 18.5 Å². The number of fused-ring (bicyclic) bond motifs is 1. The minimum Gasteiger partial charge on any atom is -0.337 e. The van der Waals surface area contributed by atoms with Crippen LogP contribution in [0.1, 0.15) is 11.1 Å². The Hall–Kier alpha value is -2.96. The highest BCUT2D eigenvalue weighted by atomic mass is 32.2. The Balaban J connectivity index is 1.44. The molecule has 3 aromatic rings. The van der Waals surface area contributed by atoms with Crippen LogP contribution in [0.15, 0.2) is 105 Å². The van der Waals surface area contributed by atoms with Crippen LogP contribution in [0.2, 0.25) is 0 Å². The first-order chi connectivity index (χ1) is 15.7. The average molecular weight is 458 g/mol. The Morgan fingerprint density at radius 2 is 1.47 bits per heavy atom. The Kier molecular flexibility index (Phi) is 6.06. The van der Waals surface area contributed by atoms with Crippen LogP contribution in [0.25, 0.3) is 0 Å². The minimum absolute atomic E-state index is 0.0416. The number of aliphatic imine (C=N–C) groups is 1. The standard InChI is InChI=1S/C26H23N3OS2/c1-28-21-14-8-9-15-22(21)31-25(28)23-24(30)29(17-16-19-10-4-2-5-11-19)26(32-23)27-18-20-12-6-3-7-13-20/h2-15H,16-18H2,1H3. The van der Waals surface area contributed by atoms with E-state index in [4.69, 9.17) is 4.99 Å². The molecule has 0 saturated carbocycles. The van der Waals surface area contributed by atoms with E-state index in [9.17, 15) is 4.79 Å². The molecule has 0 aliphatic carbocycles. The van der Waals surface area contributed by atoms with Crippen molar-refractivity contribution in [2.24, 2.45) is 4.99 Å². The van der Waals surface area contributed by atoms with Crippen molar-refractivity contribution in [3.05, 3.63) is 106 Å². The molecule has 2 heterocycles. The zero-order chi connectivity index (χ0) is 21.9. The number of nitrogens with zero attached hydrogens (tertiary/aromatic N) is 3. The summed E-state index contributed by atoms with van der Waals surface area (Å²) in [5.41, 5.74) is 3.49. The number of hydrogen-bond donors (Lipinski definition) is 0. The number of rotatable bonds is 5. The summed E-state index contributed by atoms with van der Waals surface area (Å²) < 4.78 is 0. The smallest absolute Gasteiger partial charge is 0.269 e. The van der Waals surface area contributed by atoms with E-state index in [0.29, 0.717) is 13.1 Å². The first-order valence-corrected chi connectivity index (χ1v) is 12.2. The number of amides is 1. The Labute approximate surface area is 197 Å². The van der Waals surface area contributed by atoms with Gasteiger partial charge in [-0.25, -0.2) is 0 Å². The van der Waals surface area contributed by atoms with Crippen molar-refractivity contribution in [1.82, 2.24) is 4.90 Å². The van der Waals surface area contributed by atoms with Gasteiger partial charge in [-0.3, -0.25) is 14.7 Å². The second-order valence-corrected chi connectivity index (χ2v) is 9.65. The number of thioether (sulfide) groups is 2. The summed E-state index contributed by atoms with van der Waals surface area (Å²) in [5.74, 6) is 0.0416. The first-order valence-electron chi connectivity index (χ1n) is 10.6. The molecule has 1 fully saturated rings. The molecule has 32 heavy (non-hydrogen) atoms. The molecule has 1 amide bonds. The van der Waals surface area contributed by atoms with Gasteiger partial charge in [0, 0.05) is 18.5 Å². The maximum absolute atomic E-state index is 13.6. The highest BCUT2D eigenvalue weighted by Crippen LogP contribution is 2.49. The lowest BCUT2D eigenvalue weighted by Gasteiger charge is -2.16. The van der Waals surface area contributed by atoms with Crippen LogP contribution in [0.5, 0.6) is 0 Å². The van der Waals surface area contributed by atoms with Crippen LogP contribution >= 0.6 is 23.5 Å². The fourth-order valence-electron chi connectivity index (χ4n) is 3.78. The molecule has 4 nitrogen and oxygen atoms in total. The third kappa shape index (κ3) is 4.20. The van der Waals surface area contributed by atoms with E-state index in [0.717, 1.165) is 32.8 Å². The van der Waals surface area contributed by atoms with Crippen molar-refractivity contribution in [2.45, 2.75) is 17.9 Å². The molecule has 1 saturated heterocycles. The van der Waals surface area contributed by atoms with E-state index < -0.39 is 0 Å². The number of hydrogen-bond acceptors (Lipinski definition) is 5. The van der Waals surface area contributed by atoms with Gasteiger partial charge < -0.3 is 4.90 Å². The fraction of sp³-hybridized carbons (Fsp3) is 0.154. The first kappa shape index (κ1) is 20.9. The van der Waals surface area contributed by atoms with Gasteiger partial charge in [-0.1, -0.05) is 84.6 Å². The summed E-state index contributed by atoms with van der Waals surface area (Å²) in [6.07, 6.45) is 0.795. The molecular formula is C26H23N3OS2. The molecule has 0 bridgehead atoms. The molecular weight excluding hydrogens is 434 g/mol. The van der Waals surface area contributed by atoms with Gasteiger partial charge in [-0.15, -0.1) is 0 Å². The largest absolute Gasteiger partial charge is 0.337 e. The number of amidine groups is 1. The van der Waals surface area contributed by atoms with E-state index in [-0.39, 0.29) is 5.91 Å². The normalized spacial score (nSPS) is 19.2. The van der Waals surface area contributed by atoms with Crippen molar-refractivity contribution in [3.63, 3.8) is 0 Å². The topological polar surface area (TPSA) is 35.9 Å². The number of para-hydroxylation sites is 1. The highest BCUT2D eigenvalue weighted by molar-refractivity contribution is 8.19. The Bertz CT molecular complexity index is 1190. The maximum Gasteiger partial charge on any atom is 0.269 e. The summed E-state index contributed by atoms with van der Waals surface area (Å²) in [6, 6.07) is 28.7. The monoisotopic (exact) mass is 457 g/mol. The van der Waals surface area contributed by atoms with Gasteiger partial charge in [0.1, 0.15) is 4.91 Å². The molecule has 0 unspecified atom stereocenters. The van der Waals surface area contributed by atoms with Gasteiger partial charge in [0.15, 0.2) is 5.17 Å². The van der Waals surface area contributed by atoms with Gasteiger partial charge in [-0.05, 0) is 41.4 Å². The molecule has 0 radical (unpaired) electrons. The van der Waals surface area contributed by atoms with Crippen LogP contribution in [-0.2, 0) is 17.8 Å². The van der Waals surface area contributed by atoms with Gasteiger partial charge >= 0.3 is 0 Å². The molecule has 0 spiro atoms. The molecule has 6 heteroatoms. The highest BCUT2D eigenvalue weighted by Gasteiger charge is 2.38. The maximum atomic E-state index is 13.6. The third-order valence-electron chi connectivity index (χ3n) is 5.50. The van der Waals surface area contributed by atoms with Crippen LogP contribution in [-0.4, -0.2) is 29.6 Å². The van der Waals surface area contributed by atoms with Gasteiger partial charge in [0.2, 0.25) is 0 Å². The average Bonchev–Trinajstić information content (AvgIpc) is 3.34. The number of benzene rings is 3. The van der Waals surface area contributed by atoms with Crippen LogP contribution in [0.3, 0.4) is 0 Å². The van der Waals surface area contributed by atoms with E-state index >= 15 is 0 Å². The lowest BCUT2D eigenvalue weighted by Crippen LogP contribution is -2.32. The van der Waals surface area contributed by atoms with Crippen molar-refractivity contribution in [3.8, 4) is 0 Å². The van der Waals surface area contributed by atoms with E-state index in [2.05, 4.69) is 41.3 Å². The molecule has 2 aliphatic rings. The summed E-state index contributed by atoms with van der Waals surface area (Å²) in [7, 11) is 2.03. The summed E-state index contributed by atoms with van der Waals surface area (Å²) in [4.78, 5) is 24.3. The van der Waals surface area contributed by atoms with Crippen LogP contribution in [0, 0.1) is 0 Å². The van der Waals surface area contributed by atoms with Gasteiger partial charge in [-0.2, -0.15) is 0 Å². The lowest BCUT2D eigenvalue weighted by atomic mass is 10.1. The number of carbonyl (C=O) groups excluding carboxylic acids is 1. The zero-order valence-corrected chi connectivity index (χ0v) is 19.4. The van der Waals surface area contributed by atoms with Gasteiger partial charge in [0.25, 0.3) is 5.91 Å². The summed E-state index contributed by atoms with van der Waals surface area (Å²) in [5, 5.41) is 1.76. The van der Waals surface area contributed by atoms with Crippen LogP contribution in [0.4, 0.5) is 5.69 Å². The summed E-state index contributed by atoms with van der Waals surface area (Å²) >= 11 is 3.16. The summed E-state index contributed by atoms with van der Waals surface area (Å²) in [6.45, 7) is 1.17. The predicted octanol–water partition coefficient (Wildman–Crippen LogP) is 5.77. The minimum atomic E-state index is 0.0416. The lowest BCUT2D eigenvalue weighted by molar-refractivity contribution is -0.122. The molecule has 0 N–H and O–H groups in total. The second-order valence-electron chi connectivity index (χ2n) is 7.64. The Morgan fingerprint density at radius 1 is 0.812 bits per heavy atom. The van der Waals surface area contributed by atoms with Crippen molar-refractivity contribution >= 4 is 40.3 Å². The predicted molar refractivity (Wildman–Crippen MR) is 135 cm³/mol. The quantitative estimate of drug-likeness (QED) is 0.456. The Morgan fingerprint density at radius 3 is 2.19 bits per heavy atom. The fourth-order valence-corrected chi connectivity index (χ4v) is 6.13. The molecule has 160 valence electrons. The molecule has 3 aromatic carbocycles. The second kappa shape index (κ2) is 9.27. The van der Waals surface area contributed by atoms with Crippen LogP contribution < -0.4 is 4.90 Å². The van der Waals surface area contributed by atoms with E-state index in [1.54, 1.807) is 11.8 Å². The van der Waals surface area contributed by atoms with Crippen molar-refractivity contribution in [1.29, 1.82) is 0 Å².